The number of rotatable bonds is 35. The van der Waals surface area contributed by atoms with Crippen LogP contribution in [0.5, 0.6) is 0 Å². The SMILES string of the molecule is C/C(=C\[C@H]1O[C@@H](OCCCCCOCc2ccccc2)[C@H](OC(=O)c2ccccc2)[C@@H](OC(=O)c2ccccc2)[C@@H]1OC(=O)c1ccccc1)[C@@H]1O[C@H](CO[C@@H]2O[C@H](COC(=O)c3ccccc3)[C@@H](OC(=O)c3ccccc3)[C@H](OC(=O)c3ccccc3)[C@H]2OC(=O)c2ccccc2)[C@@H](OC(=O)c2ccccc2)[C@H](OC(=O)c2ccccc2)[C@H]1OC(=O)c1ccccc1. The van der Waals surface area contributed by atoms with E-state index in [0.29, 0.717) is 32.5 Å². The first-order valence-electron chi connectivity index (χ1n) is 41.6. The van der Waals surface area contributed by atoms with Crippen LogP contribution >= 0.6 is 0 Å². The molecule has 0 radical (unpaired) electrons. The minimum absolute atomic E-state index is 0.00582. The van der Waals surface area contributed by atoms with Crippen molar-refractivity contribution in [2.24, 2.45) is 0 Å². The van der Waals surface area contributed by atoms with Crippen LogP contribution in [-0.4, -0.2) is 178 Å². The highest BCUT2D eigenvalue weighted by Crippen LogP contribution is 2.40. The lowest BCUT2D eigenvalue weighted by Gasteiger charge is -2.47. The summed E-state index contributed by atoms with van der Waals surface area (Å²) in [5.41, 5.74) is 0.967. The van der Waals surface area contributed by atoms with Crippen molar-refractivity contribution in [3.63, 3.8) is 0 Å². The van der Waals surface area contributed by atoms with E-state index in [1.807, 2.05) is 30.3 Å². The second-order valence-electron chi connectivity index (χ2n) is 29.9. The predicted molar refractivity (Wildman–Crippen MR) is 459 cm³/mol. The van der Waals surface area contributed by atoms with Crippen molar-refractivity contribution >= 4 is 59.7 Å². The number of benzene rings is 11. The standard InChI is InChI=1S/C102H90O26/c1-66(62-78-82(120-92(104)69-42-18-4-19-43-69)87(125-97(109)74-52-28-9-29-53-74)89(127-99(111)76-56-32-11-33-57-76)101(118-78)114-61-37-13-36-60-113-63-67-38-14-2-15-39-67)81-85(123-95(107)72-48-24-7-25-49-72)86(124-96(108)73-50-26-8-27-51-73)83(121-93(105)70-44-20-5-21-45-70)79(117-81)65-116-102-90(128-100(112)77-58-34-12-35-59-77)88(126-98(110)75-54-30-10-31-55-75)84(122-94(106)71-46-22-6-23-47-71)80(119-102)64-115-91(103)68-40-16-3-17-41-68/h2-12,14-35,38-59,62,78-90,101-102H,13,36-37,60-61,63-65H2,1H3/b66-62+/t78-,79-,80-,81+,82-,83-,84-,85+,86+,87+,88+,89-,90-,101-,102-/m1/s1. The summed E-state index contributed by atoms with van der Waals surface area (Å²) in [4.78, 5) is 150. The normalized spacial score (nSPS) is 21.9. The van der Waals surface area contributed by atoms with Gasteiger partial charge in [-0.25, -0.2) is 47.9 Å². The molecular weight excluding hydrogens is 1640 g/mol. The van der Waals surface area contributed by atoms with Crippen molar-refractivity contribution in [3.8, 4) is 0 Å². The fourth-order valence-electron chi connectivity index (χ4n) is 14.6. The molecule has 128 heavy (non-hydrogen) atoms. The van der Waals surface area contributed by atoms with Crippen LogP contribution in [-0.2, 0) is 82.4 Å². The molecule has 0 saturated carbocycles. The van der Waals surface area contributed by atoms with Gasteiger partial charge in [-0.1, -0.05) is 218 Å². The maximum atomic E-state index is 15.4. The molecule has 15 atom stereocenters. The van der Waals surface area contributed by atoms with Gasteiger partial charge in [-0.2, -0.15) is 0 Å². The number of carbonyl (C=O) groups is 10. The molecule has 26 heteroatoms. The van der Waals surface area contributed by atoms with E-state index in [2.05, 4.69) is 0 Å². The molecule has 11 aromatic rings. The van der Waals surface area contributed by atoms with E-state index >= 15 is 28.8 Å². The summed E-state index contributed by atoms with van der Waals surface area (Å²) in [6, 6.07) is 87.2. The van der Waals surface area contributed by atoms with E-state index in [9.17, 15) is 19.2 Å². The summed E-state index contributed by atoms with van der Waals surface area (Å²) in [5.74, 6) is -10.0. The van der Waals surface area contributed by atoms with Gasteiger partial charge < -0.3 is 75.8 Å². The number of esters is 10. The van der Waals surface area contributed by atoms with Crippen molar-refractivity contribution in [2.45, 2.75) is 125 Å². The first-order valence-corrected chi connectivity index (χ1v) is 41.6. The molecule has 11 aromatic carbocycles. The molecule has 3 saturated heterocycles. The lowest BCUT2D eigenvalue weighted by molar-refractivity contribution is -0.310. The molecule has 3 aliphatic heterocycles. The Morgan fingerprint density at radius 3 is 0.875 bits per heavy atom. The third-order valence-electron chi connectivity index (χ3n) is 21.0. The monoisotopic (exact) mass is 1730 g/mol. The van der Waals surface area contributed by atoms with Crippen molar-refractivity contribution < 1.29 is 124 Å². The second-order valence-corrected chi connectivity index (χ2v) is 29.9. The molecule has 0 amide bonds. The Kier molecular flexibility index (Phi) is 31.6. The van der Waals surface area contributed by atoms with Gasteiger partial charge in [-0.05, 0) is 159 Å². The molecule has 3 aliphatic rings. The summed E-state index contributed by atoms with van der Waals surface area (Å²) in [6.07, 6.45) is -25.3. The van der Waals surface area contributed by atoms with E-state index in [4.69, 9.17) is 75.8 Å². The van der Waals surface area contributed by atoms with E-state index in [0.717, 1.165) is 5.56 Å². The Hall–Kier alpha value is -14.4. The third kappa shape index (κ3) is 24.0. The molecule has 0 spiro atoms. The maximum absolute atomic E-state index is 15.4. The summed E-state index contributed by atoms with van der Waals surface area (Å²) in [5, 5.41) is 0. The highest BCUT2D eigenvalue weighted by Gasteiger charge is 2.58. The van der Waals surface area contributed by atoms with Crippen molar-refractivity contribution in [1.29, 1.82) is 0 Å². The predicted octanol–water partition coefficient (Wildman–Crippen LogP) is 15.5. The van der Waals surface area contributed by atoms with Crippen molar-refractivity contribution in [2.75, 3.05) is 26.4 Å². The smallest absolute Gasteiger partial charge is 0.338 e. The van der Waals surface area contributed by atoms with Crippen LogP contribution in [0.4, 0.5) is 0 Å². The van der Waals surface area contributed by atoms with Gasteiger partial charge in [0.1, 0.15) is 31.0 Å². The number of hydrogen-bond donors (Lipinski definition) is 0. The molecular formula is C102H90O26. The van der Waals surface area contributed by atoms with Crippen LogP contribution < -0.4 is 0 Å². The van der Waals surface area contributed by atoms with Crippen LogP contribution in [0.2, 0.25) is 0 Å². The molecule has 0 unspecified atom stereocenters. The van der Waals surface area contributed by atoms with Gasteiger partial charge in [0.2, 0.25) is 0 Å². The first-order chi connectivity index (χ1) is 62.6. The first kappa shape index (κ1) is 89.9. The highest BCUT2D eigenvalue weighted by molar-refractivity contribution is 5.95. The molecule has 0 aromatic heterocycles. The number of carbonyl (C=O) groups excluding carboxylic acids is 10. The lowest BCUT2D eigenvalue weighted by Crippen LogP contribution is -2.65. The molecule has 0 aliphatic carbocycles. The Labute approximate surface area is 737 Å². The van der Waals surface area contributed by atoms with Gasteiger partial charge in [0, 0.05) is 13.2 Å². The average Bonchev–Trinajstić information content (AvgIpc) is 0.764. The minimum atomic E-state index is -2.08. The number of unbranched alkanes of at least 4 members (excludes halogenated alkanes) is 2. The molecule has 14 rings (SSSR count). The topological polar surface area (TPSA) is 318 Å². The number of ether oxygens (including phenoxy) is 16. The Morgan fingerprint density at radius 1 is 0.258 bits per heavy atom. The van der Waals surface area contributed by atoms with Gasteiger partial charge >= 0.3 is 59.7 Å². The Bertz CT molecular complexity index is 5510. The zero-order valence-corrected chi connectivity index (χ0v) is 69.3. The Morgan fingerprint density at radius 2 is 0.523 bits per heavy atom. The molecule has 26 nitrogen and oxygen atoms in total. The van der Waals surface area contributed by atoms with Gasteiger partial charge in [-0.15, -0.1) is 0 Å². The molecule has 654 valence electrons. The fourth-order valence-corrected chi connectivity index (χ4v) is 14.6. The Balaban J connectivity index is 0.919. The fraction of sp³-hybridized carbons (Fsp3) is 0.235. The second kappa shape index (κ2) is 45.0. The van der Waals surface area contributed by atoms with Crippen LogP contribution in [0.15, 0.2) is 345 Å². The maximum Gasteiger partial charge on any atom is 0.338 e. The summed E-state index contributed by atoms with van der Waals surface area (Å²) in [7, 11) is 0. The third-order valence-corrected chi connectivity index (χ3v) is 21.0. The summed E-state index contributed by atoms with van der Waals surface area (Å²) >= 11 is 0. The van der Waals surface area contributed by atoms with Gasteiger partial charge in [0.25, 0.3) is 0 Å². The van der Waals surface area contributed by atoms with E-state index in [1.54, 1.807) is 182 Å². The molecule has 0 N–H and O–H groups in total. The highest BCUT2D eigenvalue weighted by atomic mass is 16.8. The van der Waals surface area contributed by atoms with Crippen LogP contribution in [0.25, 0.3) is 0 Å². The van der Waals surface area contributed by atoms with Gasteiger partial charge in [-0.3, -0.25) is 0 Å². The van der Waals surface area contributed by atoms with Gasteiger partial charge in [0.15, 0.2) is 67.5 Å². The quantitative estimate of drug-likeness (QED) is 0.0154. The van der Waals surface area contributed by atoms with Gasteiger partial charge in [0.05, 0.1) is 68.8 Å². The minimum Gasteiger partial charge on any atom is -0.459 e. The van der Waals surface area contributed by atoms with E-state index in [-0.39, 0.29) is 67.8 Å². The molecule has 3 heterocycles. The lowest BCUT2D eigenvalue weighted by atomic mass is 9.88. The zero-order valence-electron chi connectivity index (χ0n) is 69.3. The zero-order chi connectivity index (χ0) is 88.9. The molecule has 0 bridgehead atoms. The summed E-state index contributed by atoms with van der Waals surface area (Å²) in [6.45, 7) is 0.442. The van der Waals surface area contributed by atoms with Crippen LogP contribution in [0.3, 0.4) is 0 Å². The van der Waals surface area contributed by atoms with E-state index < -0.39 is 165 Å². The van der Waals surface area contributed by atoms with Crippen LogP contribution in [0, 0.1) is 0 Å². The molecule has 3 fully saturated rings. The number of hydrogen-bond acceptors (Lipinski definition) is 26. The van der Waals surface area contributed by atoms with E-state index in [1.165, 1.54) is 134 Å². The van der Waals surface area contributed by atoms with Crippen LogP contribution in [0.1, 0.15) is 135 Å². The van der Waals surface area contributed by atoms with Crippen molar-refractivity contribution in [3.05, 3.63) is 406 Å². The summed E-state index contributed by atoms with van der Waals surface area (Å²) < 4.78 is 106. The largest absolute Gasteiger partial charge is 0.459 e. The average molecular weight is 1730 g/mol. The van der Waals surface area contributed by atoms with Crippen molar-refractivity contribution in [1.82, 2.24) is 0 Å².